The van der Waals surface area contributed by atoms with Crippen molar-refractivity contribution in [1.29, 1.82) is 5.26 Å². The number of hydrogen-bond acceptors (Lipinski definition) is 3. The van der Waals surface area contributed by atoms with Gasteiger partial charge >= 0.3 is 0 Å². The summed E-state index contributed by atoms with van der Waals surface area (Å²) >= 11 is 0. The fourth-order valence-corrected chi connectivity index (χ4v) is 2.09. The summed E-state index contributed by atoms with van der Waals surface area (Å²) in [5, 5.41) is 8.98. The average molecular weight is 229 g/mol. The molecule has 1 saturated heterocycles. The van der Waals surface area contributed by atoms with Crippen molar-refractivity contribution in [3.63, 3.8) is 0 Å². The third-order valence-corrected chi connectivity index (χ3v) is 3.19. The standard InChI is InChI=1S/C13H15N3O/c1-9-2-3-12(5-11(9)7-15)16-8-10(6-14)4-13(16)17/h2-3,5,10H,4,6,8,14H2,1H3. The maximum Gasteiger partial charge on any atom is 0.227 e. The van der Waals surface area contributed by atoms with Crippen LogP contribution in [-0.2, 0) is 4.79 Å². The molecule has 0 saturated carbocycles. The summed E-state index contributed by atoms with van der Waals surface area (Å²) in [4.78, 5) is 13.5. The Bertz CT molecular complexity index is 490. The highest BCUT2D eigenvalue weighted by atomic mass is 16.2. The lowest BCUT2D eigenvalue weighted by molar-refractivity contribution is -0.117. The van der Waals surface area contributed by atoms with Gasteiger partial charge in [0.1, 0.15) is 0 Å². The summed E-state index contributed by atoms with van der Waals surface area (Å²) in [6.45, 7) is 3.07. The van der Waals surface area contributed by atoms with E-state index in [4.69, 9.17) is 11.0 Å². The van der Waals surface area contributed by atoms with Crippen LogP contribution < -0.4 is 10.6 Å². The summed E-state index contributed by atoms with van der Waals surface area (Å²) in [5.74, 6) is 0.322. The molecular weight excluding hydrogens is 214 g/mol. The van der Waals surface area contributed by atoms with Crippen molar-refractivity contribution < 1.29 is 4.79 Å². The third kappa shape index (κ3) is 2.15. The quantitative estimate of drug-likeness (QED) is 0.827. The Morgan fingerprint density at radius 1 is 1.59 bits per heavy atom. The first-order valence-corrected chi connectivity index (χ1v) is 5.67. The van der Waals surface area contributed by atoms with Gasteiger partial charge in [0.25, 0.3) is 0 Å². The zero-order valence-electron chi connectivity index (χ0n) is 9.81. The molecule has 1 atom stereocenters. The van der Waals surface area contributed by atoms with Crippen LogP contribution >= 0.6 is 0 Å². The molecule has 0 aliphatic carbocycles. The van der Waals surface area contributed by atoms with Crippen LogP contribution in [0.15, 0.2) is 18.2 Å². The summed E-state index contributed by atoms with van der Waals surface area (Å²) in [7, 11) is 0. The zero-order valence-corrected chi connectivity index (χ0v) is 9.81. The molecule has 1 aromatic carbocycles. The number of carbonyl (C=O) groups is 1. The molecule has 0 spiro atoms. The molecule has 2 rings (SSSR count). The van der Waals surface area contributed by atoms with Gasteiger partial charge < -0.3 is 10.6 Å². The first-order chi connectivity index (χ1) is 8.15. The van der Waals surface area contributed by atoms with Crippen LogP contribution in [-0.4, -0.2) is 19.0 Å². The van der Waals surface area contributed by atoms with Gasteiger partial charge in [-0.05, 0) is 37.1 Å². The molecule has 1 aromatic rings. The van der Waals surface area contributed by atoms with Gasteiger partial charge in [0.15, 0.2) is 0 Å². The molecule has 2 N–H and O–H groups in total. The molecule has 0 radical (unpaired) electrons. The van der Waals surface area contributed by atoms with Crippen molar-refractivity contribution >= 4 is 11.6 Å². The number of amides is 1. The van der Waals surface area contributed by atoms with Crippen molar-refractivity contribution in [1.82, 2.24) is 0 Å². The smallest absolute Gasteiger partial charge is 0.227 e. The summed E-state index contributed by atoms with van der Waals surface area (Å²) in [5.41, 5.74) is 7.93. The molecule has 4 heteroatoms. The molecule has 88 valence electrons. The number of nitrogens with two attached hydrogens (primary N) is 1. The fourth-order valence-electron chi connectivity index (χ4n) is 2.09. The van der Waals surface area contributed by atoms with Gasteiger partial charge in [-0.15, -0.1) is 0 Å². The molecule has 17 heavy (non-hydrogen) atoms. The van der Waals surface area contributed by atoms with Crippen LogP contribution in [0, 0.1) is 24.2 Å². The Hall–Kier alpha value is -1.86. The van der Waals surface area contributed by atoms with Crippen molar-refractivity contribution in [2.75, 3.05) is 18.0 Å². The normalized spacial score (nSPS) is 19.5. The first-order valence-electron chi connectivity index (χ1n) is 5.67. The first kappa shape index (κ1) is 11.6. The second-order valence-electron chi connectivity index (χ2n) is 4.42. The highest BCUT2D eigenvalue weighted by Crippen LogP contribution is 2.26. The van der Waals surface area contributed by atoms with Gasteiger partial charge in [0, 0.05) is 18.7 Å². The predicted octanol–water partition coefficient (Wildman–Crippen LogP) is 1.18. The molecule has 0 aromatic heterocycles. The Morgan fingerprint density at radius 2 is 2.35 bits per heavy atom. The van der Waals surface area contributed by atoms with Crippen LogP contribution in [0.1, 0.15) is 17.5 Å². The molecule has 1 unspecified atom stereocenters. The number of anilines is 1. The molecule has 0 bridgehead atoms. The predicted molar refractivity (Wildman–Crippen MR) is 65.4 cm³/mol. The monoisotopic (exact) mass is 229 g/mol. The molecule has 1 heterocycles. The van der Waals surface area contributed by atoms with Crippen LogP contribution in [0.4, 0.5) is 5.69 Å². The lowest BCUT2D eigenvalue weighted by atomic mass is 10.1. The minimum atomic E-state index is 0.0909. The zero-order chi connectivity index (χ0) is 12.4. The molecule has 1 amide bonds. The van der Waals surface area contributed by atoms with Crippen LogP contribution in [0.3, 0.4) is 0 Å². The number of nitrogens with zero attached hydrogens (tertiary/aromatic N) is 2. The van der Waals surface area contributed by atoms with E-state index < -0.39 is 0 Å². The number of nitriles is 1. The van der Waals surface area contributed by atoms with E-state index in [1.54, 1.807) is 11.0 Å². The van der Waals surface area contributed by atoms with E-state index in [0.29, 0.717) is 25.1 Å². The fraction of sp³-hybridized carbons (Fsp3) is 0.385. The van der Waals surface area contributed by atoms with Gasteiger partial charge in [-0.25, -0.2) is 0 Å². The number of aryl methyl sites for hydroxylation is 1. The maximum atomic E-state index is 11.8. The third-order valence-electron chi connectivity index (χ3n) is 3.19. The minimum absolute atomic E-state index is 0.0909. The van der Waals surface area contributed by atoms with Gasteiger partial charge in [-0.1, -0.05) is 6.07 Å². The molecule has 1 fully saturated rings. The SMILES string of the molecule is Cc1ccc(N2CC(CN)CC2=O)cc1C#N. The average Bonchev–Trinajstić information content (AvgIpc) is 2.71. The minimum Gasteiger partial charge on any atom is -0.330 e. The number of rotatable bonds is 2. The van der Waals surface area contributed by atoms with Gasteiger partial charge in [-0.2, -0.15) is 5.26 Å². The Morgan fingerprint density at radius 3 is 2.94 bits per heavy atom. The van der Waals surface area contributed by atoms with Crippen LogP contribution in [0.2, 0.25) is 0 Å². The number of hydrogen-bond donors (Lipinski definition) is 1. The van der Waals surface area contributed by atoms with E-state index in [1.165, 1.54) is 0 Å². The summed E-state index contributed by atoms with van der Waals surface area (Å²) in [6.07, 6.45) is 0.506. The number of carbonyl (C=O) groups excluding carboxylic acids is 1. The van der Waals surface area contributed by atoms with Crippen molar-refractivity contribution in [2.45, 2.75) is 13.3 Å². The van der Waals surface area contributed by atoms with E-state index in [2.05, 4.69) is 6.07 Å². The van der Waals surface area contributed by atoms with Crippen molar-refractivity contribution in [3.05, 3.63) is 29.3 Å². The van der Waals surface area contributed by atoms with E-state index in [1.807, 2.05) is 19.1 Å². The Balaban J connectivity index is 2.30. The van der Waals surface area contributed by atoms with Crippen LogP contribution in [0.5, 0.6) is 0 Å². The molecular formula is C13H15N3O. The second kappa shape index (κ2) is 4.56. The van der Waals surface area contributed by atoms with Gasteiger partial charge in [0.05, 0.1) is 11.6 Å². The molecule has 1 aliphatic rings. The highest BCUT2D eigenvalue weighted by Gasteiger charge is 2.29. The second-order valence-corrected chi connectivity index (χ2v) is 4.42. The lowest BCUT2D eigenvalue weighted by Gasteiger charge is -2.17. The summed E-state index contributed by atoms with van der Waals surface area (Å²) < 4.78 is 0. The van der Waals surface area contributed by atoms with Gasteiger partial charge in [-0.3, -0.25) is 4.79 Å². The lowest BCUT2D eigenvalue weighted by Crippen LogP contribution is -2.25. The van der Waals surface area contributed by atoms with E-state index in [9.17, 15) is 4.79 Å². The maximum absolute atomic E-state index is 11.8. The molecule has 4 nitrogen and oxygen atoms in total. The van der Waals surface area contributed by atoms with Crippen molar-refractivity contribution in [2.24, 2.45) is 11.7 Å². The Labute approximate surface area is 101 Å². The highest BCUT2D eigenvalue weighted by molar-refractivity contribution is 5.95. The Kier molecular flexibility index (Phi) is 3.12. The van der Waals surface area contributed by atoms with Crippen LogP contribution in [0.25, 0.3) is 0 Å². The largest absolute Gasteiger partial charge is 0.330 e. The van der Waals surface area contributed by atoms with E-state index >= 15 is 0 Å². The van der Waals surface area contributed by atoms with E-state index in [0.717, 1.165) is 11.3 Å². The topological polar surface area (TPSA) is 70.1 Å². The van der Waals surface area contributed by atoms with Crippen molar-refractivity contribution in [3.8, 4) is 6.07 Å². The van der Waals surface area contributed by atoms with E-state index in [-0.39, 0.29) is 11.8 Å². The summed E-state index contributed by atoms with van der Waals surface area (Å²) in [6, 6.07) is 7.66. The van der Waals surface area contributed by atoms with Gasteiger partial charge in [0.2, 0.25) is 5.91 Å². The number of benzene rings is 1. The molecule has 1 aliphatic heterocycles.